The number of benzene rings is 3. The summed E-state index contributed by atoms with van der Waals surface area (Å²) in [6.45, 7) is 0.633. The number of fused-ring (bicyclic) bond motifs is 1. The van der Waals surface area contributed by atoms with Crippen LogP contribution in [0.3, 0.4) is 0 Å². The molecule has 0 atom stereocenters. The number of carbonyl (C=O) groups is 1. The van der Waals surface area contributed by atoms with Gasteiger partial charge in [-0.3, -0.25) is 4.79 Å². The van der Waals surface area contributed by atoms with E-state index in [9.17, 15) is 9.18 Å². The zero-order chi connectivity index (χ0) is 25.5. The highest BCUT2D eigenvalue weighted by Gasteiger charge is 2.32. The van der Waals surface area contributed by atoms with Gasteiger partial charge in [-0.25, -0.2) is 9.07 Å². The van der Waals surface area contributed by atoms with Gasteiger partial charge in [0, 0.05) is 35.7 Å². The standard InChI is InChI=1S/C26H18Cl2FN7O/c27-18-8-5-15(6-9-18)25-20(12-23-30-33-34-31-23)24(32-36(25)22-4-2-1-3-21(22)28)26(37)35-13-16-7-10-19(29)11-17(16)14-35/h1-11H,12-14H2,(H,30,31,33,34). The molecule has 1 aliphatic heterocycles. The SMILES string of the molecule is O=C(c1nn(-c2ccccc2Cl)c(-c2ccc(Cl)cc2)c1Cc1nn[nH]n1)N1Cc2ccc(F)cc2C1. The molecule has 8 nitrogen and oxygen atoms in total. The Kier molecular flexibility index (Phi) is 5.94. The number of halogens is 3. The van der Waals surface area contributed by atoms with Crippen LogP contribution in [0.25, 0.3) is 16.9 Å². The number of H-pyrrole nitrogens is 1. The molecule has 37 heavy (non-hydrogen) atoms. The first-order chi connectivity index (χ1) is 18.0. The van der Waals surface area contributed by atoms with Crippen LogP contribution in [0.1, 0.15) is 33.0 Å². The molecule has 11 heteroatoms. The molecule has 5 aromatic rings. The van der Waals surface area contributed by atoms with Crippen LogP contribution < -0.4 is 0 Å². The van der Waals surface area contributed by atoms with Gasteiger partial charge in [0.1, 0.15) is 5.82 Å². The number of carbonyl (C=O) groups excluding carboxylic acids is 1. The second-order valence-electron chi connectivity index (χ2n) is 8.62. The molecule has 3 heterocycles. The number of aromatic nitrogens is 6. The lowest BCUT2D eigenvalue weighted by Crippen LogP contribution is -2.27. The molecule has 1 N–H and O–H groups in total. The molecule has 0 aliphatic carbocycles. The molecule has 6 rings (SSSR count). The van der Waals surface area contributed by atoms with Crippen molar-refractivity contribution in [1.29, 1.82) is 0 Å². The zero-order valence-electron chi connectivity index (χ0n) is 19.2. The minimum absolute atomic E-state index is 0.190. The Balaban J connectivity index is 1.53. The summed E-state index contributed by atoms with van der Waals surface area (Å²) in [6, 6.07) is 19.1. The first kappa shape index (κ1) is 23.3. The largest absolute Gasteiger partial charge is 0.329 e. The van der Waals surface area contributed by atoms with E-state index in [4.69, 9.17) is 28.3 Å². The lowest BCUT2D eigenvalue weighted by Gasteiger charge is -2.15. The summed E-state index contributed by atoms with van der Waals surface area (Å²) in [5.41, 5.74) is 4.55. The van der Waals surface area contributed by atoms with E-state index in [1.165, 1.54) is 12.1 Å². The monoisotopic (exact) mass is 533 g/mol. The molecule has 184 valence electrons. The van der Waals surface area contributed by atoms with Crippen molar-refractivity contribution in [3.05, 3.63) is 111 Å². The van der Waals surface area contributed by atoms with Crippen LogP contribution in [0, 0.1) is 5.82 Å². The fourth-order valence-corrected chi connectivity index (χ4v) is 4.91. The van der Waals surface area contributed by atoms with Crippen LogP contribution in [0.5, 0.6) is 0 Å². The fraction of sp³-hybridized carbons (Fsp3) is 0.115. The minimum atomic E-state index is -0.334. The van der Waals surface area contributed by atoms with Crippen molar-refractivity contribution in [3.8, 4) is 16.9 Å². The first-order valence-electron chi connectivity index (χ1n) is 11.4. The number of para-hydroxylation sites is 1. The number of nitrogens with zero attached hydrogens (tertiary/aromatic N) is 6. The Hall–Kier alpha value is -4.08. The minimum Gasteiger partial charge on any atom is -0.329 e. The maximum absolute atomic E-state index is 14.0. The maximum atomic E-state index is 14.0. The Morgan fingerprint density at radius 1 is 1.00 bits per heavy atom. The van der Waals surface area contributed by atoms with Crippen LogP contribution in [0.15, 0.2) is 66.7 Å². The summed E-state index contributed by atoms with van der Waals surface area (Å²) in [7, 11) is 0. The number of nitrogens with one attached hydrogen (secondary N) is 1. The Labute approximate surface area is 220 Å². The van der Waals surface area contributed by atoms with Crippen LogP contribution in [0.4, 0.5) is 4.39 Å². The molecule has 1 aliphatic rings. The number of hydrogen-bond donors (Lipinski definition) is 1. The van der Waals surface area contributed by atoms with Gasteiger partial charge in [0.2, 0.25) is 0 Å². The quantitative estimate of drug-likeness (QED) is 0.333. The molecule has 0 spiro atoms. The Morgan fingerprint density at radius 2 is 1.78 bits per heavy atom. The van der Waals surface area contributed by atoms with Crippen LogP contribution in [-0.2, 0) is 19.5 Å². The molecule has 3 aromatic carbocycles. The Bertz CT molecular complexity index is 1620. The van der Waals surface area contributed by atoms with Gasteiger partial charge in [-0.15, -0.1) is 10.2 Å². The molecule has 0 radical (unpaired) electrons. The highest BCUT2D eigenvalue weighted by molar-refractivity contribution is 6.32. The van der Waals surface area contributed by atoms with Crippen molar-refractivity contribution >= 4 is 29.1 Å². The molecule has 0 bridgehead atoms. The van der Waals surface area contributed by atoms with Gasteiger partial charge < -0.3 is 4.90 Å². The summed E-state index contributed by atoms with van der Waals surface area (Å²) in [4.78, 5) is 15.6. The smallest absolute Gasteiger partial charge is 0.275 e. The van der Waals surface area contributed by atoms with Gasteiger partial charge in [0.25, 0.3) is 5.91 Å². The third-order valence-corrected chi connectivity index (χ3v) is 6.86. The van der Waals surface area contributed by atoms with E-state index < -0.39 is 0 Å². The van der Waals surface area contributed by atoms with Crippen molar-refractivity contribution in [2.24, 2.45) is 0 Å². The highest BCUT2D eigenvalue weighted by atomic mass is 35.5. The molecular formula is C26H18Cl2FN7O. The van der Waals surface area contributed by atoms with Gasteiger partial charge in [-0.05, 0) is 47.5 Å². The number of hydrogen-bond acceptors (Lipinski definition) is 5. The van der Waals surface area contributed by atoms with Gasteiger partial charge >= 0.3 is 0 Å². The predicted octanol–water partition coefficient (Wildman–Crippen LogP) is 5.25. The van der Waals surface area contributed by atoms with Crippen molar-refractivity contribution in [2.75, 3.05) is 0 Å². The maximum Gasteiger partial charge on any atom is 0.275 e. The fourth-order valence-electron chi connectivity index (χ4n) is 4.56. The third-order valence-electron chi connectivity index (χ3n) is 6.29. The average Bonchev–Trinajstić information content (AvgIpc) is 3.64. The van der Waals surface area contributed by atoms with E-state index in [1.807, 2.05) is 30.3 Å². The normalized spacial score (nSPS) is 12.7. The number of amides is 1. The van der Waals surface area contributed by atoms with E-state index >= 15 is 0 Å². The lowest BCUT2D eigenvalue weighted by atomic mass is 10.0. The highest BCUT2D eigenvalue weighted by Crippen LogP contribution is 2.35. The van der Waals surface area contributed by atoms with Crippen molar-refractivity contribution in [1.82, 2.24) is 35.3 Å². The average molecular weight is 534 g/mol. The topological polar surface area (TPSA) is 92.6 Å². The number of tetrazole rings is 1. The summed E-state index contributed by atoms with van der Waals surface area (Å²) < 4.78 is 15.5. The van der Waals surface area contributed by atoms with Gasteiger partial charge in [-0.1, -0.05) is 58.7 Å². The van der Waals surface area contributed by atoms with Gasteiger partial charge in [0.05, 0.1) is 16.4 Å². The lowest BCUT2D eigenvalue weighted by molar-refractivity contribution is 0.0744. The van der Waals surface area contributed by atoms with E-state index in [-0.39, 0.29) is 30.4 Å². The molecule has 0 unspecified atom stereocenters. The van der Waals surface area contributed by atoms with Crippen molar-refractivity contribution < 1.29 is 9.18 Å². The first-order valence-corrected chi connectivity index (χ1v) is 12.1. The summed E-state index contributed by atoms with van der Waals surface area (Å²) in [5, 5.41) is 20.2. The second kappa shape index (κ2) is 9.42. The Morgan fingerprint density at radius 3 is 2.54 bits per heavy atom. The van der Waals surface area contributed by atoms with Gasteiger partial charge in [-0.2, -0.15) is 10.3 Å². The van der Waals surface area contributed by atoms with E-state index in [1.54, 1.807) is 33.8 Å². The second-order valence-corrected chi connectivity index (χ2v) is 9.47. The molecule has 0 fully saturated rings. The third kappa shape index (κ3) is 4.36. The molecule has 2 aromatic heterocycles. The zero-order valence-corrected chi connectivity index (χ0v) is 20.7. The van der Waals surface area contributed by atoms with Crippen LogP contribution in [0.2, 0.25) is 10.0 Å². The summed E-state index contributed by atoms with van der Waals surface area (Å²) in [5.74, 6) is -0.232. The summed E-state index contributed by atoms with van der Waals surface area (Å²) in [6.07, 6.45) is 0.190. The number of aromatic amines is 1. The predicted molar refractivity (Wildman–Crippen MR) is 136 cm³/mol. The molecular weight excluding hydrogens is 516 g/mol. The molecule has 0 saturated heterocycles. The van der Waals surface area contributed by atoms with Gasteiger partial charge in [0.15, 0.2) is 11.5 Å². The number of rotatable bonds is 5. The van der Waals surface area contributed by atoms with E-state index in [0.29, 0.717) is 39.4 Å². The molecule has 0 saturated carbocycles. The van der Waals surface area contributed by atoms with E-state index in [2.05, 4.69) is 20.6 Å². The summed E-state index contributed by atoms with van der Waals surface area (Å²) >= 11 is 12.7. The van der Waals surface area contributed by atoms with Crippen molar-refractivity contribution in [3.63, 3.8) is 0 Å². The van der Waals surface area contributed by atoms with Crippen LogP contribution in [-0.4, -0.2) is 41.2 Å². The molecule has 1 amide bonds. The van der Waals surface area contributed by atoms with E-state index in [0.717, 1.165) is 16.7 Å². The van der Waals surface area contributed by atoms with Crippen molar-refractivity contribution in [2.45, 2.75) is 19.5 Å². The van der Waals surface area contributed by atoms with Crippen LogP contribution >= 0.6 is 23.2 Å².